The normalized spacial score (nSPS) is 20.4. The van der Waals surface area contributed by atoms with E-state index in [9.17, 15) is 4.79 Å². The molecule has 0 aromatic heterocycles. The molecule has 134 valence electrons. The second-order valence-electron chi connectivity index (χ2n) is 7.56. The maximum absolute atomic E-state index is 12.4. The summed E-state index contributed by atoms with van der Waals surface area (Å²) in [5, 5.41) is 3.68. The van der Waals surface area contributed by atoms with Crippen molar-refractivity contribution in [2.24, 2.45) is 0 Å². The van der Waals surface area contributed by atoms with Gasteiger partial charge in [-0.25, -0.2) is 4.79 Å². The zero-order valence-corrected chi connectivity index (χ0v) is 16.7. The molecule has 1 aliphatic rings. The summed E-state index contributed by atoms with van der Waals surface area (Å²) in [6.07, 6.45) is 3.04. The van der Waals surface area contributed by atoms with Crippen LogP contribution in [-0.2, 0) is 4.74 Å². The third-order valence-corrected chi connectivity index (χ3v) is 4.71. The molecule has 1 N–H and O–H groups in total. The molecule has 1 heterocycles. The molecule has 1 aromatic rings. The highest BCUT2D eigenvalue weighted by Gasteiger charge is 2.27. The van der Waals surface area contributed by atoms with Gasteiger partial charge in [0.1, 0.15) is 5.60 Å². The number of ether oxygens (including phenoxy) is 1. The molecule has 1 fully saturated rings. The van der Waals surface area contributed by atoms with Crippen molar-refractivity contribution in [1.29, 1.82) is 0 Å². The van der Waals surface area contributed by atoms with E-state index in [4.69, 9.17) is 4.74 Å². The summed E-state index contributed by atoms with van der Waals surface area (Å²) in [6, 6.07) is 8.93. The number of carbonyl (C=O) groups is 1. The molecular formula is C19H29BrN2O2. The van der Waals surface area contributed by atoms with Crippen molar-refractivity contribution in [2.75, 3.05) is 13.1 Å². The molecule has 1 aromatic carbocycles. The second-order valence-corrected chi connectivity index (χ2v) is 8.47. The van der Waals surface area contributed by atoms with E-state index in [-0.39, 0.29) is 12.1 Å². The smallest absolute Gasteiger partial charge is 0.410 e. The summed E-state index contributed by atoms with van der Waals surface area (Å²) in [5.41, 5.74) is 0.808. The maximum atomic E-state index is 12.4. The van der Waals surface area contributed by atoms with Crippen LogP contribution in [0.25, 0.3) is 0 Å². The minimum atomic E-state index is -0.447. The van der Waals surface area contributed by atoms with Gasteiger partial charge in [-0.05, 0) is 58.2 Å². The Morgan fingerprint density at radius 2 is 1.96 bits per heavy atom. The number of hydrogen-bond acceptors (Lipinski definition) is 3. The Hall–Kier alpha value is -1.07. The number of likely N-dealkylation sites (tertiary alicyclic amines) is 1. The molecule has 1 aliphatic heterocycles. The van der Waals surface area contributed by atoms with Crippen molar-refractivity contribution < 1.29 is 9.53 Å². The van der Waals surface area contributed by atoms with E-state index in [2.05, 4.69) is 52.4 Å². The number of benzene rings is 1. The topological polar surface area (TPSA) is 41.6 Å². The molecular weight excluding hydrogens is 368 g/mol. The molecule has 0 aliphatic carbocycles. The zero-order chi connectivity index (χ0) is 17.7. The standard InChI is InChI=1S/C19H29BrN2O2/c1-14(15-8-10-16(20)11-9-15)21-17-7-5-6-12-22(13-17)18(23)24-19(2,3)4/h8-11,14,17,21H,5-7,12-13H2,1-4H3. The van der Waals surface area contributed by atoms with E-state index in [1.54, 1.807) is 0 Å². The fourth-order valence-electron chi connectivity index (χ4n) is 2.97. The van der Waals surface area contributed by atoms with Crippen LogP contribution in [0.3, 0.4) is 0 Å². The average Bonchev–Trinajstić information content (AvgIpc) is 2.72. The minimum absolute atomic E-state index is 0.201. The first kappa shape index (κ1) is 19.3. The van der Waals surface area contributed by atoms with Gasteiger partial charge in [0.25, 0.3) is 0 Å². The lowest BCUT2D eigenvalue weighted by molar-refractivity contribution is 0.0242. The van der Waals surface area contributed by atoms with Gasteiger partial charge in [-0.1, -0.05) is 34.5 Å². The van der Waals surface area contributed by atoms with E-state index in [0.717, 1.165) is 30.3 Å². The second kappa shape index (κ2) is 8.34. The van der Waals surface area contributed by atoms with E-state index in [0.29, 0.717) is 12.6 Å². The number of nitrogens with one attached hydrogen (secondary N) is 1. The number of hydrogen-bond donors (Lipinski definition) is 1. The van der Waals surface area contributed by atoms with Crippen LogP contribution in [0.2, 0.25) is 0 Å². The van der Waals surface area contributed by atoms with Gasteiger partial charge >= 0.3 is 6.09 Å². The van der Waals surface area contributed by atoms with Crippen molar-refractivity contribution in [1.82, 2.24) is 10.2 Å². The summed E-state index contributed by atoms with van der Waals surface area (Å²) in [4.78, 5) is 14.2. The van der Waals surface area contributed by atoms with Gasteiger partial charge in [-0.15, -0.1) is 0 Å². The fourth-order valence-corrected chi connectivity index (χ4v) is 3.24. The van der Waals surface area contributed by atoms with Crippen LogP contribution in [0, 0.1) is 0 Å². The molecule has 2 atom stereocenters. The Morgan fingerprint density at radius 3 is 2.58 bits per heavy atom. The molecule has 1 saturated heterocycles. The van der Waals surface area contributed by atoms with Crippen molar-refractivity contribution in [3.8, 4) is 0 Å². The molecule has 0 spiro atoms. The van der Waals surface area contributed by atoms with Crippen molar-refractivity contribution >= 4 is 22.0 Å². The molecule has 1 amide bonds. The average molecular weight is 397 g/mol. The van der Waals surface area contributed by atoms with Crippen molar-refractivity contribution in [3.05, 3.63) is 34.3 Å². The summed E-state index contributed by atoms with van der Waals surface area (Å²) in [7, 11) is 0. The Bertz CT molecular complexity index is 539. The monoisotopic (exact) mass is 396 g/mol. The molecule has 0 saturated carbocycles. The number of carbonyl (C=O) groups excluding carboxylic acids is 1. The van der Waals surface area contributed by atoms with Crippen LogP contribution in [0.5, 0.6) is 0 Å². The van der Waals surface area contributed by atoms with Crippen LogP contribution in [0.1, 0.15) is 58.6 Å². The SMILES string of the molecule is CC(NC1CCCCN(C(=O)OC(C)(C)C)C1)c1ccc(Br)cc1. The quantitative estimate of drug-likeness (QED) is 0.790. The maximum Gasteiger partial charge on any atom is 0.410 e. The highest BCUT2D eigenvalue weighted by Crippen LogP contribution is 2.20. The van der Waals surface area contributed by atoms with Gasteiger partial charge in [0.05, 0.1) is 0 Å². The van der Waals surface area contributed by atoms with Crippen LogP contribution in [0.15, 0.2) is 28.7 Å². The van der Waals surface area contributed by atoms with Crippen LogP contribution in [0.4, 0.5) is 4.79 Å². The highest BCUT2D eigenvalue weighted by atomic mass is 79.9. The lowest BCUT2D eigenvalue weighted by Crippen LogP contribution is -2.45. The molecule has 2 unspecified atom stereocenters. The van der Waals surface area contributed by atoms with Gasteiger partial charge in [0, 0.05) is 29.6 Å². The minimum Gasteiger partial charge on any atom is -0.444 e. The Balaban J connectivity index is 1.96. The van der Waals surface area contributed by atoms with Crippen LogP contribution >= 0.6 is 15.9 Å². The molecule has 5 heteroatoms. The summed E-state index contributed by atoms with van der Waals surface area (Å²) < 4.78 is 6.62. The molecule has 4 nitrogen and oxygen atoms in total. The number of amides is 1. The molecule has 0 radical (unpaired) electrons. The summed E-state index contributed by atoms with van der Waals surface area (Å²) in [6.45, 7) is 9.39. The Morgan fingerprint density at radius 1 is 1.29 bits per heavy atom. The summed E-state index contributed by atoms with van der Waals surface area (Å²) in [5.74, 6) is 0. The van der Waals surface area contributed by atoms with E-state index >= 15 is 0 Å². The lowest BCUT2D eigenvalue weighted by atomic mass is 10.1. The van der Waals surface area contributed by atoms with Gasteiger partial charge in [0.2, 0.25) is 0 Å². The van der Waals surface area contributed by atoms with E-state index < -0.39 is 5.60 Å². The first-order valence-corrected chi connectivity index (χ1v) is 9.53. The van der Waals surface area contributed by atoms with Crippen LogP contribution < -0.4 is 5.32 Å². The van der Waals surface area contributed by atoms with Crippen LogP contribution in [-0.4, -0.2) is 35.7 Å². The highest BCUT2D eigenvalue weighted by molar-refractivity contribution is 9.10. The van der Waals surface area contributed by atoms with Gasteiger partial charge in [-0.2, -0.15) is 0 Å². The Kier molecular flexibility index (Phi) is 6.70. The molecule has 0 bridgehead atoms. The van der Waals surface area contributed by atoms with Crippen molar-refractivity contribution in [3.63, 3.8) is 0 Å². The Labute approximate surface area is 154 Å². The number of nitrogens with zero attached hydrogens (tertiary/aromatic N) is 1. The van der Waals surface area contributed by atoms with Crippen molar-refractivity contribution in [2.45, 2.75) is 64.6 Å². The first-order valence-electron chi connectivity index (χ1n) is 8.74. The number of rotatable bonds is 3. The molecule has 24 heavy (non-hydrogen) atoms. The lowest BCUT2D eigenvalue weighted by Gasteiger charge is -2.30. The van der Waals surface area contributed by atoms with E-state index in [1.165, 1.54) is 5.56 Å². The first-order chi connectivity index (χ1) is 11.2. The zero-order valence-electron chi connectivity index (χ0n) is 15.1. The predicted molar refractivity (Wildman–Crippen MR) is 101 cm³/mol. The fraction of sp³-hybridized carbons (Fsp3) is 0.632. The summed E-state index contributed by atoms with van der Waals surface area (Å²) >= 11 is 3.47. The molecule has 2 rings (SSSR count). The third-order valence-electron chi connectivity index (χ3n) is 4.18. The predicted octanol–water partition coefficient (Wildman–Crippen LogP) is 4.89. The van der Waals surface area contributed by atoms with Gasteiger partial charge in [-0.3, -0.25) is 0 Å². The number of halogens is 1. The van der Waals surface area contributed by atoms with Gasteiger partial charge < -0.3 is 15.0 Å². The van der Waals surface area contributed by atoms with E-state index in [1.807, 2.05) is 25.7 Å². The van der Waals surface area contributed by atoms with Gasteiger partial charge in [0.15, 0.2) is 0 Å². The third kappa shape index (κ3) is 6.10. The largest absolute Gasteiger partial charge is 0.444 e.